The Morgan fingerprint density at radius 1 is 1.35 bits per heavy atom. The predicted molar refractivity (Wildman–Crippen MR) is 77.4 cm³/mol. The average molecular weight is 300 g/mol. The Morgan fingerprint density at radius 2 is 2.00 bits per heavy atom. The van der Waals surface area contributed by atoms with Gasteiger partial charge >= 0.3 is 12.0 Å². The van der Waals surface area contributed by atoms with Crippen molar-refractivity contribution in [2.75, 3.05) is 24.4 Å². The van der Waals surface area contributed by atoms with Crippen LogP contribution in [0.5, 0.6) is 0 Å². The normalized spacial score (nSPS) is 11.6. The summed E-state index contributed by atoms with van der Waals surface area (Å²) in [5.74, 6) is -0.159. The van der Waals surface area contributed by atoms with Crippen LogP contribution >= 0.6 is 11.8 Å². The number of hydrogen-bond acceptors (Lipinski definition) is 4. The molecule has 2 N–H and O–H groups in total. The molecule has 1 aromatic rings. The van der Waals surface area contributed by atoms with Gasteiger partial charge in [0.2, 0.25) is 0 Å². The molecule has 0 bridgehead atoms. The minimum Gasteiger partial charge on any atom is -0.467 e. The maximum absolute atomic E-state index is 12.7. The van der Waals surface area contributed by atoms with Crippen molar-refractivity contribution in [3.63, 3.8) is 0 Å². The zero-order valence-electron chi connectivity index (χ0n) is 11.3. The first kappa shape index (κ1) is 16.3. The summed E-state index contributed by atoms with van der Waals surface area (Å²) in [4.78, 5) is 23.3. The fourth-order valence-electron chi connectivity index (χ4n) is 1.49. The van der Waals surface area contributed by atoms with Gasteiger partial charge in [-0.15, -0.1) is 0 Å². The van der Waals surface area contributed by atoms with E-state index in [2.05, 4.69) is 15.4 Å². The standard InChI is InChI=1S/C13H17FN2O3S/c1-19-12(17)11(7-8-20-2)16-13(18)15-10-5-3-9(14)4-6-10/h3-6,11H,7-8H2,1-2H3,(H2,15,16,18)/t11-/m0/s1. The summed E-state index contributed by atoms with van der Waals surface area (Å²) in [5, 5.41) is 5.06. The Hall–Kier alpha value is -1.76. The number of carbonyl (C=O) groups is 2. The van der Waals surface area contributed by atoms with E-state index in [9.17, 15) is 14.0 Å². The van der Waals surface area contributed by atoms with Crippen molar-refractivity contribution in [1.82, 2.24) is 5.32 Å². The third kappa shape index (κ3) is 5.48. The fraction of sp³-hybridized carbons (Fsp3) is 0.385. The first-order valence-electron chi connectivity index (χ1n) is 5.96. The summed E-state index contributed by atoms with van der Waals surface area (Å²) in [6, 6.07) is 4.11. The molecule has 2 amide bonds. The molecule has 0 saturated heterocycles. The lowest BCUT2D eigenvalue weighted by Gasteiger charge is -2.16. The number of amides is 2. The van der Waals surface area contributed by atoms with Crippen LogP contribution in [0.15, 0.2) is 24.3 Å². The van der Waals surface area contributed by atoms with Gasteiger partial charge in [0.1, 0.15) is 11.9 Å². The molecular formula is C13H17FN2O3S. The lowest BCUT2D eigenvalue weighted by molar-refractivity contribution is -0.142. The van der Waals surface area contributed by atoms with Crippen molar-refractivity contribution in [2.45, 2.75) is 12.5 Å². The van der Waals surface area contributed by atoms with Crippen molar-refractivity contribution < 1.29 is 18.7 Å². The topological polar surface area (TPSA) is 67.4 Å². The monoisotopic (exact) mass is 300 g/mol. The number of carbonyl (C=O) groups excluding carboxylic acids is 2. The molecule has 0 fully saturated rings. The Balaban J connectivity index is 2.56. The van der Waals surface area contributed by atoms with Gasteiger partial charge in [-0.2, -0.15) is 11.8 Å². The second-order valence-corrected chi connectivity index (χ2v) is 4.95. The van der Waals surface area contributed by atoms with E-state index in [0.29, 0.717) is 12.1 Å². The second kappa shape index (κ2) is 8.42. The molecule has 0 heterocycles. The lowest BCUT2D eigenvalue weighted by Crippen LogP contribution is -2.44. The number of halogens is 1. The number of esters is 1. The first-order chi connectivity index (χ1) is 9.56. The minimum absolute atomic E-state index is 0.386. The van der Waals surface area contributed by atoms with E-state index in [-0.39, 0.29) is 5.82 Å². The minimum atomic E-state index is -0.701. The van der Waals surface area contributed by atoms with Crippen molar-refractivity contribution in [3.05, 3.63) is 30.1 Å². The highest BCUT2D eigenvalue weighted by Gasteiger charge is 2.20. The molecule has 1 rings (SSSR count). The van der Waals surface area contributed by atoms with Crippen LogP contribution in [-0.4, -0.2) is 37.2 Å². The van der Waals surface area contributed by atoms with Gasteiger partial charge in [0.15, 0.2) is 0 Å². The Kier molecular flexibility index (Phi) is 6.86. The molecule has 5 nitrogen and oxygen atoms in total. The molecule has 0 aliphatic carbocycles. The SMILES string of the molecule is COC(=O)[C@H](CCSC)NC(=O)Nc1ccc(F)cc1. The summed E-state index contributed by atoms with van der Waals surface area (Å²) < 4.78 is 17.4. The molecule has 7 heteroatoms. The number of anilines is 1. The number of rotatable bonds is 6. The number of thioether (sulfide) groups is 1. The molecular weight excluding hydrogens is 283 g/mol. The van der Waals surface area contributed by atoms with Gasteiger partial charge in [-0.1, -0.05) is 0 Å². The molecule has 0 aliphatic rings. The number of nitrogens with one attached hydrogen (secondary N) is 2. The number of ether oxygens (including phenoxy) is 1. The van der Waals surface area contributed by atoms with E-state index in [1.807, 2.05) is 6.26 Å². The van der Waals surface area contributed by atoms with E-state index >= 15 is 0 Å². The van der Waals surface area contributed by atoms with Crippen LogP contribution in [0.25, 0.3) is 0 Å². The molecule has 110 valence electrons. The summed E-state index contributed by atoms with van der Waals surface area (Å²) >= 11 is 1.57. The van der Waals surface area contributed by atoms with Crippen molar-refractivity contribution in [3.8, 4) is 0 Å². The zero-order valence-corrected chi connectivity index (χ0v) is 12.1. The quantitative estimate of drug-likeness (QED) is 0.791. The van der Waals surface area contributed by atoms with E-state index in [1.165, 1.54) is 31.4 Å². The van der Waals surface area contributed by atoms with Crippen LogP contribution in [0.1, 0.15) is 6.42 Å². The zero-order chi connectivity index (χ0) is 15.0. The smallest absolute Gasteiger partial charge is 0.328 e. The second-order valence-electron chi connectivity index (χ2n) is 3.96. The third-order valence-electron chi connectivity index (χ3n) is 2.50. The molecule has 20 heavy (non-hydrogen) atoms. The molecule has 0 spiro atoms. The van der Waals surface area contributed by atoms with E-state index in [4.69, 9.17) is 0 Å². The Morgan fingerprint density at radius 3 is 2.55 bits per heavy atom. The summed E-state index contributed by atoms with van der Waals surface area (Å²) in [6.45, 7) is 0. The average Bonchev–Trinajstić information content (AvgIpc) is 2.45. The van der Waals surface area contributed by atoms with Gasteiger partial charge < -0.3 is 15.4 Å². The van der Waals surface area contributed by atoms with Crippen LogP contribution in [-0.2, 0) is 9.53 Å². The summed E-state index contributed by atoms with van der Waals surface area (Å²) in [7, 11) is 1.27. The van der Waals surface area contributed by atoms with Gasteiger partial charge in [-0.3, -0.25) is 0 Å². The highest BCUT2D eigenvalue weighted by atomic mass is 32.2. The maximum Gasteiger partial charge on any atom is 0.328 e. The largest absolute Gasteiger partial charge is 0.467 e. The van der Waals surface area contributed by atoms with Crippen LogP contribution in [0.3, 0.4) is 0 Å². The number of urea groups is 1. The van der Waals surface area contributed by atoms with Gasteiger partial charge in [0.05, 0.1) is 7.11 Å². The van der Waals surface area contributed by atoms with Crippen LogP contribution in [0, 0.1) is 5.82 Å². The van der Waals surface area contributed by atoms with Crippen molar-refractivity contribution in [1.29, 1.82) is 0 Å². The molecule has 0 saturated carbocycles. The molecule has 0 radical (unpaired) electrons. The molecule has 0 aromatic heterocycles. The van der Waals surface area contributed by atoms with Gasteiger partial charge in [0.25, 0.3) is 0 Å². The van der Waals surface area contributed by atoms with Crippen LogP contribution in [0.2, 0.25) is 0 Å². The fourth-order valence-corrected chi connectivity index (χ4v) is 1.96. The van der Waals surface area contributed by atoms with E-state index < -0.39 is 18.0 Å². The summed E-state index contributed by atoms with van der Waals surface area (Å²) in [5.41, 5.74) is 0.442. The van der Waals surface area contributed by atoms with E-state index in [0.717, 1.165) is 5.75 Å². The van der Waals surface area contributed by atoms with Gasteiger partial charge in [0, 0.05) is 5.69 Å². The number of benzene rings is 1. The predicted octanol–water partition coefficient (Wildman–Crippen LogP) is 2.24. The van der Waals surface area contributed by atoms with Crippen molar-refractivity contribution >= 4 is 29.4 Å². The lowest BCUT2D eigenvalue weighted by atomic mass is 10.2. The highest BCUT2D eigenvalue weighted by Crippen LogP contribution is 2.08. The first-order valence-corrected chi connectivity index (χ1v) is 7.36. The molecule has 0 aliphatic heterocycles. The van der Waals surface area contributed by atoms with Crippen LogP contribution < -0.4 is 10.6 Å². The number of methoxy groups -OCH3 is 1. The maximum atomic E-state index is 12.7. The highest BCUT2D eigenvalue weighted by molar-refractivity contribution is 7.98. The molecule has 1 atom stereocenters. The van der Waals surface area contributed by atoms with E-state index in [1.54, 1.807) is 11.8 Å². The molecule has 0 unspecified atom stereocenters. The third-order valence-corrected chi connectivity index (χ3v) is 3.15. The Bertz CT molecular complexity index is 453. The van der Waals surface area contributed by atoms with Crippen LogP contribution in [0.4, 0.5) is 14.9 Å². The van der Waals surface area contributed by atoms with Gasteiger partial charge in [-0.25, -0.2) is 14.0 Å². The van der Waals surface area contributed by atoms with Crippen molar-refractivity contribution in [2.24, 2.45) is 0 Å². The van der Waals surface area contributed by atoms with Gasteiger partial charge in [-0.05, 0) is 42.7 Å². The Labute approximate surface area is 121 Å². The summed E-state index contributed by atoms with van der Waals surface area (Å²) in [6.07, 6.45) is 2.39. The number of hydrogen-bond donors (Lipinski definition) is 2. The molecule has 1 aromatic carbocycles.